The first-order valence-electron chi connectivity index (χ1n) is 10.5. The number of benzene rings is 2. The lowest BCUT2D eigenvalue weighted by Gasteiger charge is -2.11. The van der Waals surface area contributed by atoms with Crippen LogP contribution in [0.4, 0.5) is 0 Å². The maximum absolute atomic E-state index is 12.9. The van der Waals surface area contributed by atoms with Gasteiger partial charge in [-0.2, -0.15) is 0 Å². The van der Waals surface area contributed by atoms with E-state index in [9.17, 15) is 19.2 Å². The van der Waals surface area contributed by atoms with Crippen molar-refractivity contribution in [3.63, 3.8) is 0 Å². The van der Waals surface area contributed by atoms with Crippen LogP contribution in [-0.2, 0) is 19.1 Å². The predicted octanol–water partition coefficient (Wildman–Crippen LogP) is 3.60. The number of halogens is 1. The zero-order chi connectivity index (χ0) is 24.9. The van der Waals surface area contributed by atoms with Gasteiger partial charge in [-0.3, -0.25) is 19.0 Å². The monoisotopic (exact) mass is 507 g/mol. The molecule has 0 radical (unpaired) electrons. The smallest absolute Gasteiger partial charge is 0.350 e. The molecule has 0 aliphatic heterocycles. The Morgan fingerprint density at radius 2 is 1.77 bits per heavy atom. The number of ether oxygens (including phenoxy) is 1. The van der Waals surface area contributed by atoms with Gasteiger partial charge in [0.15, 0.2) is 11.6 Å². The van der Waals surface area contributed by atoms with E-state index in [4.69, 9.17) is 16.3 Å². The van der Waals surface area contributed by atoms with Crippen molar-refractivity contribution in [2.45, 2.75) is 6.92 Å². The van der Waals surface area contributed by atoms with Gasteiger partial charge in [-0.1, -0.05) is 53.3 Å². The molecule has 0 saturated carbocycles. The number of nitrogens with one attached hydrogen (secondary N) is 1. The number of amides is 1. The largest absolute Gasteiger partial charge is 0.462 e. The molecule has 10 heteroatoms. The molecule has 1 N–H and O–H groups in total. The van der Waals surface area contributed by atoms with Crippen molar-refractivity contribution in [2.24, 2.45) is 5.10 Å². The van der Waals surface area contributed by atoms with Gasteiger partial charge in [0, 0.05) is 22.3 Å². The fourth-order valence-electron chi connectivity index (χ4n) is 3.32. The summed E-state index contributed by atoms with van der Waals surface area (Å²) in [6.07, 6.45) is 3.07. The normalized spacial score (nSPS) is 13.5. The predicted molar refractivity (Wildman–Crippen MR) is 131 cm³/mol. The van der Waals surface area contributed by atoms with Crippen molar-refractivity contribution >= 4 is 46.4 Å². The highest BCUT2D eigenvalue weighted by molar-refractivity contribution is 7.11. The first-order valence-corrected chi connectivity index (χ1v) is 11.6. The molecule has 0 atom stereocenters. The van der Waals surface area contributed by atoms with Crippen LogP contribution in [0.2, 0.25) is 5.02 Å². The summed E-state index contributed by atoms with van der Waals surface area (Å²) in [6.45, 7) is 1.88. The third-order valence-corrected chi connectivity index (χ3v) is 6.14. The van der Waals surface area contributed by atoms with Crippen molar-refractivity contribution in [2.75, 3.05) is 6.61 Å². The highest BCUT2D eigenvalue weighted by atomic mass is 35.5. The van der Waals surface area contributed by atoms with Crippen molar-refractivity contribution in [3.05, 3.63) is 93.1 Å². The molecule has 4 rings (SSSR count). The maximum Gasteiger partial charge on any atom is 0.350 e. The number of esters is 1. The van der Waals surface area contributed by atoms with Gasteiger partial charge in [0.2, 0.25) is 4.80 Å². The van der Waals surface area contributed by atoms with Crippen molar-refractivity contribution in [3.8, 4) is 16.9 Å². The van der Waals surface area contributed by atoms with Gasteiger partial charge in [0.25, 0.3) is 5.91 Å². The number of thiazole rings is 1. The molecule has 0 fully saturated rings. The van der Waals surface area contributed by atoms with Gasteiger partial charge in [-0.25, -0.2) is 10.2 Å². The summed E-state index contributed by atoms with van der Waals surface area (Å²) in [7, 11) is 0. The number of carbonyl (C=O) groups excluding carboxylic acids is 4. The molecule has 1 heterocycles. The minimum absolute atomic E-state index is 0.174. The highest BCUT2D eigenvalue weighted by Crippen LogP contribution is 2.29. The lowest BCUT2D eigenvalue weighted by Crippen LogP contribution is -2.29. The Balaban J connectivity index is 1.90. The number of allylic oxidation sites excluding steroid dienone is 3. The zero-order valence-electron chi connectivity index (χ0n) is 18.4. The molecular weight excluding hydrogens is 490 g/mol. The van der Waals surface area contributed by atoms with Gasteiger partial charge in [0.05, 0.1) is 17.9 Å². The second-order valence-corrected chi connectivity index (χ2v) is 8.59. The van der Waals surface area contributed by atoms with Crippen molar-refractivity contribution in [1.82, 2.24) is 9.99 Å². The molecule has 1 amide bonds. The van der Waals surface area contributed by atoms with E-state index in [1.54, 1.807) is 35.8 Å². The molecule has 8 nitrogen and oxygen atoms in total. The average Bonchev–Trinajstić information content (AvgIpc) is 3.25. The van der Waals surface area contributed by atoms with E-state index in [2.05, 4.69) is 10.5 Å². The Bertz CT molecular complexity index is 1450. The molecule has 0 spiro atoms. The average molecular weight is 508 g/mol. The van der Waals surface area contributed by atoms with E-state index in [1.807, 2.05) is 30.3 Å². The van der Waals surface area contributed by atoms with Crippen LogP contribution in [0.3, 0.4) is 0 Å². The molecule has 0 unspecified atom stereocenters. The third kappa shape index (κ3) is 5.21. The van der Waals surface area contributed by atoms with E-state index in [0.29, 0.717) is 16.4 Å². The second-order valence-electron chi connectivity index (χ2n) is 7.17. The molecule has 3 aromatic rings. The Kier molecular flexibility index (Phi) is 7.19. The first kappa shape index (κ1) is 24.1. The summed E-state index contributed by atoms with van der Waals surface area (Å²) in [5.41, 5.74) is 3.85. The molecule has 176 valence electrons. The van der Waals surface area contributed by atoms with Crippen LogP contribution in [0.1, 0.15) is 16.6 Å². The SMILES string of the molecule is CCOC(=O)c1s/c(=N/NC(=O)C2=CC(=O)C=CC2=O)n(-c2ccc(Cl)cc2)c1-c1ccccc1. The van der Waals surface area contributed by atoms with Gasteiger partial charge in [-0.15, -0.1) is 5.10 Å². The number of carbonyl (C=O) groups is 4. The molecule has 0 bridgehead atoms. The number of nitrogens with zero attached hydrogens (tertiary/aromatic N) is 2. The summed E-state index contributed by atoms with van der Waals surface area (Å²) in [4.78, 5) is 49.7. The molecule has 1 aliphatic rings. The van der Waals surface area contributed by atoms with Crippen molar-refractivity contribution < 1.29 is 23.9 Å². The number of rotatable bonds is 6. The molecule has 35 heavy (non-hydrogen) atoms. The van der Waals surface area contributed by atoms with Crippen LogP contribution < -0.4 is 10.2 Å². The lowest BCUT2D eigenvalue weighted by atomic mass is 10.0. The molecule has 2 aromatic carbocycles. The number of hydrogen-bond acceptors (Lipinski definition) is 7. The van der Waals surface area contributed by atoms with Gasteiger partial charge >= 0.3 is 5.97 Å². The molecule has 1 aromatic heterocycles. The lowest BCUT2D eigenvalue weighted by molar-refractivity contribution is -0.122. The van der Waals surface area contributed by atoms with Crippen molar-refractivity contribution in [1.29, 1.82) is 0 Å². The Hall–Kier alpha value is -4.08. The van der Waals surface area contributed by atoms with Gasteiger partial charge < -0.3 is 4.74 Å². The van der Waals surface area contributed by atoms with Gasteiger partial charge in [-0.05, 0) is 43.3 Å². The highest BCUT2D eigenvalue weighted by Gasteiger charge is 2.24. The summed E-state index contributed by atoms with van der Waals surface area (Å²) in [5.74, 6) is -2.47. The number of hydrogen-bond donors (Lipinski definition) is 1. The summed E-state index contributed by atoms with van der Waals surface area (Å²) in [6, 6.07) is 16.0. The van der Waals surface area contributed by atoms with Crippen LogP contribution in [0.25, 0.3) is 16.9 Å². The fraction of sp³-hybridized carbons (Fsp3) is 0.0800. The first-order chi connectivity index (χ1) is 16.9. The van der Waals surface area contributed by atoms with Crippen LogP contribution in [0, 0.1) is 0 Å². The summed E-state index contributed by atoms with van der Waals surface area (Å²) < 4.78 is 6.95. The topological polar surface area (TPSA) is 107 Å². The maximum atomic E-state index is 12.9. The summed E-state index contributed by atoms with van der Waals surface area (Å²) >= 11 is 7.08. The van der Waals surface area contributed by atoms with Crippen LogP contribution in [0.15, 0.2) is 83.5 Å². The quantitative estimate of drug-likeness (QED) is 0.237. The van der Waals surface area contributed by atoms with E-state index in [1.165, 1.54) is 0 Å². The Morgan fingerprint density at radius 1 is 1.06 bits per heavy atom. The van der Waals surface area contributed by atoms with Gasteiger partial charge in [0.1, 0.15) is 4.88 Å². The standard InChI is InChI=1S/C25H18ClN3O5S/c1-2-34-24(33)22-21(15-6-4-3-5-7-15)29(17-10-8-16(26)9-11-17)25(35-22)28-27-23(32)19-14-18(30)12-13-20(19)31/h3-14H,2H2,1H3,(H,27,32)/b28-25+. The van der Waals surface area contributed by atoms with E-state index in [0.717, 1.165) is 35.1 Å². The van der Waals surface area contributed by atoms with Crippen LogP contribution >= 0.6 is 22.9 Å². The van der Waals surface area contributed by atoms with Crippen LogP contribution in [-0.4, -0.2) is 34.6 Å². The third-order valence-electron chi connectivity index (χ3n) is 4.86. The minimum atomic E-state index is -0.845. The molecular formula is C25H18ClN3O5S. The second kappa shape index (κ2) is 10.5. The van der Waals surface area contributed by atoms with E-state index < -0.39 is 23.4 Å². The van der Waals surface area contributed by atoms with E-state index >= 15 is 0 Å². The molecule has 1 aliphatic carbocycles. The van der Waals surface area contributed by atoms with Crippen LogP contribution in [0.5, 0.6) is 0 Å². The Labute approximate surface area is 208 Å². The fourth-order valence-corrected chi connectivity index (χ4v) is 4.46. The number of aromatic nitrogens is 1. The minimum Gasteiger partial charge on any atom is -0.462 e. The summed E-state index contributed by atoms with van der Waals surface area (Å²) in [5, 5.41) is 4.72. The Morgan fingerprint density at radius 3 is 2.46 bits per heavy atom. The molecule has 0 saturated heterocycles. The van der Waals surface area contributed by atoms with E-state index in [-0.39, 0.29) is 21.9 Å². The number of ketones is 2. The zero-order valence-corrected chi connectivity index (χ0v) is 19.9.